The first-order valence-electron chi connectivity index (χ1n) is 5.55. The van der Waals surface area contributed by atoms with Gasteiger partial charge in [-0.2, -0.15) is 0 Å². The Morgan fingerprint density at radius 2 is 1.62 bits per heavy atom. The summed E-state index contributed by atoms with van der Waals surface area (Å²) in [5.41, 5.74) is 0. The monoisotopic (exact) mass is 180 g/mol. The summed E-state index contributed by atoms with van der Waals surface area (Å²) in [6, 6.07) is 0. The van der Waals surface area contributed by atoms with Crippen LogP contribution in [-0.2, 0) is 0 Å². The minimum atomic E-state index is 0.709. The van der Waals surface area contributed by atoms with E-state index in [0.717, 1.165) is 0 Å². The molecule has 0 unspecified atom stereocenters. The SMILES string of the molecule is C=CCCCCCCC=CC(C)C. The minimum absolute atomic E-state index is 0.709. The lowest BCUT2D eigenvalue weighted by molar-refractivity contribution is 0.651. The first-order valence-corrected chi connectivity index (χ1v) is 5.55. The molecule has 0 aromatic heterocycles. The van der Waals surface area contributed by atoms with Gasteiger partial charge in [-0.1, -0.05) is 44.9 Å². The summed E-state index contributed by atoms with van der Waals surface area (Å²) in [6.45, 7) is 8.16. The summed E-state index contributed by atoms with van der Waals surface area (Å²) in [6.07, 6.45) is 14.5. The highest BCUT2D eigenvalue weighted by Crippen LogP contribution is 2.06. The van der Waals surface area contributed by atoms with Crippen LogP contribution in [0.15, 0.2) is 24.8 Å². The summed E-state index contributed by atoms with van der Waals surface area (Å²) < 4.78 is 0. The van der Waals surface area contributed by atoms with E-state index in [2.05, 4.69) is 32.6 Å². The van der Waals surface area contributed by atoms with Crippen LogP contribution in [0.5, 0.6) is 0 Å². The molecule has 0 aliphatic heterocycles. The maximum absolute atomic E-state index is 3.72. The van der Waals surface area contributed by atoms with E-state index in [1.807, 2.05) is 6.08 Å². The van der Waals surface area contributed by atoms with Crippen LogP contribution in [0, 0.1) is 5.92 Å². The third-order valence-electron chi connectivity index (χ3n) is 2.05. The van der Waals surface area contributed by atoms with Crippen molar-refractivity contribution in [3.8, 4) is 0 Å². The van der Waals surface area contributed by atoms with Crippen molar-refractivity contribution >= 4 is 0 Å². The second-order valence-electron chi connectivity index (χ2n) is 3.95. The molecule has 0 aromatic rings. The number of hydrogen-bond acceptors (Lipinski definition) is 0. The van der Waals surface area contributed by atoms with Gasteiger partial charge in [0.15, 0.2) is 0 Å². The molecule has 0 spiro atoms. The highest BCUT2D eigenvalue weighted by molar-refractivity contribution is 4.84. The Morgan fingerprint density at radius 1 is 1.00 bits per heavy atom. The van der Waals surface area contributed by atoms with Gasteiger partial charge in [-0.3, -0.25) is 0 Å². The summed E-state index contributed by atoms with van der Waals surface area (Å²) in [4.78, 5) is 0. The lowest BCUT2D eigenvalue weighted by atomic mass is 10.1. The van der Waals surface area contributed by atoms with E-state index < -0.39 is 0 Å². The Hall–Kier alpha value is -0.520. The number of rotatable bonds is 8. The topological polar surface area (TPSA) is 0 Å². The lowest BCUT2D eigenvalue weighted by Gasteiger charge is -1.97. The fourth-order valence-electron chi connectivity index (χ4n) is 1.27. The van der Waals surface area contributed by atoms with Crippen molar-refractivity contribution in [2.24, 2.45) is 5.92 Å². The molecular weight excluding hydrogens is 156 g/mol. The maximum atomic E-state index is 3.72. The fraction of sp³-hybridized carbons (Fsp3) is 0.692. The van der Waals surface area contributed by atoms with Crippen LogP contribution in [0.25, 0.3) is 0 Å². The molecule has 0 saturated heterocycles. The molecule has 0 heteroatoms. The molecule has 0 amide bonds. The Labute approximate surface area is 83.7 Å². The van der Waals surface area contributed by atoms with Crippen molar-refractivity contribution in [2.75, 3.05) is 0 Å². The number of allylic oxidation sites excluding steroid dienone is 3. The van der Waals surface area contributed by atoms with E-state index in [-0.39, 0.29) is 0 Å². The molecule has 0 aliphatic carbocycles. The minimum Gasteiger partial charge on any atom is -0.103 e. The molecule has 13 heavy (non-hydrogen) atoms. The molecule has 0 nitrogen and oxygen atoms in total. The molecule has 0 aliphatic rings. The molecular formula is C13H24. The quantitative estimate of drug-likeness (QED) is 0.374. The van der Waals surface area contributed by atoms with Crippen molar-refractivity contribution in [1.82, 2.24) is 0 Å². The number of unbranched alkanes of at least 4 members (excludes halogenated alkanes) is 5. The van der Waals surface area contributed by atoms with E-state index in [9.17, 15) is 0 Å². The average Bonchev–Trinajstić information content (AvgIpc) is 2.09. The van der Waals surface area contributed by atoms with Gasteiger partial charge in [-0.05, 0) is 31.6 Å². The zero-order valence-corrected chi connectivity index (χ0v) is 9.26. The van der Waals surface area contributed by atoms with Crippen LogP contribution in [-0.4, -0.2) is 0 Å². The maximum Gasteiger partial charge on any atom is -0.0290 e. The van der Waals surface area contributed by atoms with Crippen molar-refractivity contribution in [1.29, 1.82) is 0 Å². The Kier molecular flexibility index (Phi) is 9.18. The summed E-state index contributed by atoms with van der Waals surface area (Å²) in [5.74, 6) is 0.709. The summed E-state index contributed by atoms with van der Waals surface area (Å²) in [5, 5.41) is 0. The largest absolute Gasteiger partial charge is 0.103 e. The van der Waals surface area contributed by atoms with Crippen LogP contribution < -0.4 is 0 Å². The highest BCUT2D eigenvalue weighted by Gasteiger charge is 1.87. The van der Waals surface area contributed by atoms with Gasteiger partial charge >= 0.3 is 0 Å². The van der Waals surface area contributed by atoms with Crippen LogP contribution >= 0.6 is 0 Å². The molecule has 0 N–H and O–H groups in total. The van der Waals surface area contributed by atoms with Crippen molar-refractivity contribution in [3.63, 3.8) is 0 Å². The first kappa shape index (κ1) is 12.5. The van der Waals surface area contributed by atoms with E-state index in [4.69, 9.17) is 0 Å². The zero-order chi connectivity index (χ0) is 9.94. The van der Waals surface area contributed by atoms with Gasteiger partial charge in [-0.25, -0.2) is 0 Å². The van der Waals surface area contributed by atoms with Crippen LogP contribution in [0.3, 0.4) is 0 Å². The number of hydrogen-bond donors (Lipinski definition) is 0. The second kappa shape index (κ2) is 9.57. The van der Waals surface area contributed by atoms with Gasteiger partial charge < -0.3 is 0 Å². The lowest BCUT2D eigenvalue weighted by Crippen LogP contribution is -1.79. The molecule has 0 atom stereocenters. The molecule has 76 valence electrons. The Morgan fingerprint density at radius 3 is 2.15 bits per heavy atom. The van der Waals surface area contributed by atoms with E-state index in [1.165, 1.54) is 38.5 Å². The van der Waals surface area contributed by atoms with Crippen molar-refractivity contribution in [3.05, 3.63) is 24.8 Å². The average molecular weight is 180 g/mol. The summed E-state index contributed by atoms with van der Waals surface area (Å²) >= 11 is 0. The third kappa shape index (κ3) is 11.5. The van der Waals surface area contributed by atoms with Crippen LogP contribution in [0.1, 0.15) is 52.4 Å². The van der Waals surface area contributed by atoms with Gasteiger partial charge in [-0.15, -0.1) is 6.58 Å². The standard InChI is InChI=1S/C13H24/c1-4-5-6-7-8-9-10-11-12-13(2)3/h4,11-13H,1,5-10H2,2-3H3. The normalized spacial score (nSPS) is 11.3. The van der Waals surface area contributed by atoms with Crippen LogP contribution in [0.2, 0.25) is 0 Å². The van der Waals surface area contributed by atoms with Gasteiger partial charge in [0.2, 0.25) is 0 Å². The Balaban J connectivity index is 3.03. The molecule has 0 radical (unpaired) electrons. The predicted octanol–water partition coefficient (Wildman–Crippen LogP) is 4.73. The van der Waals surface area contributed by atoms with Gasteiger partial charge in [0.1, 0.15) is 0 Å². The van der Waals surface area contributed by atoms with Gasteiger partial charge in [0, 0.05) is 0 Å². The van der Waals surface area contributed by atoms with Crippen molar-refractivity contribution in [2.45, 2.75) is 52.4 Å². The molecule has 0 bridgehead atoms. The zero-order valence-electron chi connectivity index (χ0n) is 9.26. The summed E-state index contributed by atoms with van der Waals surface area (Å²) in [7, 11) is 0. The molecule has 0 rings (SSSR count). The third-order valence-corrected chi connectivity index (χ3v) is 2.05. The predicted molar refractivity (Wildman–Crippen MR) is 61.9 cm³/mol. The second-order valence-corrected chi connectivity index (χ2v) is 3.95. The van der Waals surface area contributed by atoms with E-state index in [0.29, 0.717) is 5.92 Å². The Bertz CT molecular complexity index is 131. The van der Waals surface area contributed by atoms with Gasteiger partial charge in [0.05, 0.1) is 0 Å². The van der Waals surface area contributed by atoms with E-state index in [1.54, 1.807) is 0 Å². The molecule has 0 fully saturated rings. The molecule has 0 heterocycles. The molecule has 0 aromatic carbocycles. The first-order chi connectivity index (χ1) is 6.27. The van der Waals surface area contributed by atoms with E-state index >= 15 is 0 Å². The van der Waals surface area contributed by atoms with Crippen LogP contribution in [0.4, 0.5) is 0 Å². The van der Waals surface area contributed by atoms with Gasteiger partial charge in [0.25, 0.3) is 0 Å². The molecule has 0 saturated carbocycles. The smallest absolute Gasteiger partial charge is 0.0290 e. The van der Waals surface area contributed by atoms with Crippen molar-refractivity contribution < 1.29 is 0 Å². The fourth-order valence-corrected chi connectivity index (χ4v) is 1.27. The highest BCUT2D eigenvalue weighted by atomic mass is 13.9.